The molecule has 0 aromatic heterocycles. The minimum absolute atomic E-state index is 0.209. The van der Waals surface area contributed by atoms with Crippen molar-refractivity contribution in [2.75, 3.05) is 19.7 Å². The third kappa shape index (κ3) is 4.73. The molecule has 1 unspecified atom stereocenters. The molecule has 1 aromatic rings. The Morgan fingerprint density at radius 1 is 1.38 bits per heavy atom. The number of nitrogens with one attached hydrogen (secondary N) is 1. The molecule has 1 saturated heterocycles. The zero-order chi connectivity index (χ0) is 17.8. The number of ketones is 1. The van der Waals surface area contributed by atoms with E-state index in [1.54, 1.807) is 6.07 Å². The SMILES string of the molecule is CCCC1(C(=O)c2ccc(Cl)c(OCCC(C)(C)C)c2)CCNC1. The molecule has 1 heterocycles. The maximum Gasteiger partial charge on any atom is 0.170 e. The molecule has 134 valence electrons. The predicted molar refractivity (Wildman–Crippen MR) is 100 cm³/mol. The Bertz CT molecular complexity index is 571. The van der Waals surface area contributed by atoms with Crippen LogP contribution in [0.5, 0.6) is 5.75 Å². The minimum atomic E-state index is -0.273. The van der Waals surface area contributed by atoms with Gasteiger partial charge in [0, 0.05) is 17.5 Å². The summed E-state index contributed by atoms with van der Waals surface area (Å²) in [4.78, 5) is 13.1. The van der Waals surface area contributed by atoms with Crippen LogP contribution >= 0.6 is 11.6 Å². The normalized spacial score (nSPS) is 21.0. The summed E-state index contributed by atoms with van der Waals surface area (Å²) in [5.74, 6) is 0.830. The molecule has 0 spiro atoms. The van der Waals surface area contributed by atoms with Crippen LogP contribution in [-0.2, 0) is 0 Å². The number of rotatable bonds is 7. The molecule has 1 N–H and O–H groups in total. The van der Waals surface area contributed by atoms with Gasteiger partial charge in [-0.2, -0.15) is 0 Å². The topological polar surface area (TPSA) is 38.3 Å². The van der Waals surface area contributed by atoms with Gasteiger partial charge in [-0.25, -0.2) is 0 Å². The summed E-state index contributed by atoms with van der Waals surface area (Å²) in [6, 6.07) is 5.43. The molecule has 2 rings (SSSR count). The van der Waals surface area contributed by atoms with E-state index in [0.717, 1.165) is 38.8 Å². The number of hydrogen-bond donors (Lipinski definition) is 1. The molecule has 1 fully saturated rings. The van der Waals surface area contributed by atoms with Crippen molar-refractivity contribution < 1.29 is 9.53 Å². The fourth-order valence-corrected chi connectivity index (χ4v) is 3.44. The lowest BCUT2D eigenvalue weighted by Gasteiger charge is -2.26. The fourth-order valence-electron chi connectivity index (χ4n) is 3.27. The molecular weight excluding hydrogens is 322 g/mol. The quantitative estimate of drug-likeness (QED) is 0.693. The van der Waals surface area contributed by atoms with Crippen LogP contribution in [0.1, 0.15) is 63.7 Å². The Morgan fingerprint density at radius 2 is 2.12 bits per heavy atom. The van der Waals surface area contributed by atoms with E-state index in [4.69, 9.17) is 16.3 Å². The second-order valence-corrected chi connectivity index (χ2v) is 8.50. The summed E-state index contributed by atoms with van der Waals surface area (Å²) in [7, 11) is 0. The van der Waals surface area contributed by atoms with Crippen LogP contribution < -0.4 is 10.1 Å². The highest BCUT2D eigenvalue weighted by molar-refractivity contribution is 6.32. The molecule has 0 amide bonds. The van der Waals surface area contributed by atoms with Gasteiger partial charge < -0.3 is 10.1 Å². The average Bonchev–Trinajstić information content (AvgIpc) is 2.97. The summed E-state index contributed by atoms with van der Waals surface area (Å²) in [5, 5.41) is 3.91. The Labute approximate surface area is 151 Å². The summed E-state index contributed by atoms with van der Waals surface area (Å²) >= 11 is 6.26. The van der Waals surface area contributed by atoms with Gasteiger partial charge in [-0.3, -0.25) is 4.79 Å². The highest BCUT2D eigenvalue weighted by Gasteiger charge is 2.40. The maximum atomic E-state index is 13.1. The lowest BCUT2D eigenvalue weighted by molar-refractivity contribution is 0.0801. The molecule has 0 saturated carbocycles. The smallest absolute Gasteiger partial charge is 0.170 e. The van der Waals surface area contributed by atoms with Crippen LogP contribution in [0.3, 0.4) is 0 Å². The zero-order valence-corrected chi connectivity index (χ0v) is 16.1. The number of carbonyl (C=O) groups excluding carboxylic acids is 1. The number of benzene rings is 1. The van der Waals surface area contributed by atoms with Crippen molar-refractivity contribution in [3.63, 3.8) is 0 Å². The van der Waals surface area contributed by atoms with Crippen LogP contribution in [0, 0.1) is 10.8 Å². The van der Waals surface area contributed by atoms with Gasteiger partial charge in [-0.15, -0.1) is 0 Å². The van der Waals surface area contributed by atoms with E-state index >= 15 is 0 Å². The highest BCUT2D eigenvalue weighted by Crippen LogP contribution is 2.37. The first-order chi connectivity index (χ1) is 11.3. The monoisotopic (exact) mass is 351 g/mol. The van der Waals surface area contributed by atoms with Crippen LogP contribution in [-0.4, -0.2) is 25.5 Å². The number of hydrogen-bond acceptors (Lipinski definition) is 3. The molecule has 0 aliphatic carbocycles. The Hall–Kier alpha value is -1.06. The van der Waals surface area contributed by atoms with E-state index in [0.29, 0.717) is 22.9 Å². The Balaban J connectivity index is 2.16. The van der Waals surface area contributed by atoms with E-state index in [-0.39, 0.29) is 16.6 Å². The largest absolute Gasteiger partial charge is 0.492 e. The number of halogens is 1. The second-order valence-electron chi connectivity index (χ2n) is 8.09. The molecule has 1 atom stereocenters. The summed E-state index contributed by atoms with van der Waals surface area (Å²) < 4.78 is 5.86. The van der Waals surface area contributed by atoms with E-state index in [2.05, 4.69) is 33.0 Å². The van der Waals surface area contributed by atoms with Gasteiger partial charge in [0.25, 0.3) is 0 Å². The maximum absolute atomic E-state index is 13.1. The van der Waals surface area contributed by atoms with Crippen LogP contribution in [0.15, 0.2) is 18.2 Å². The van der Waals surface area contributed by atoms with Gasteiger partial charge in [0.2, 0.25) is 0 Å². The third-order valence-electron chi connectivity index (χ3n) is 4.76. The number of Topliss-reactive ketones (excluding diaryl/α,β-unsaturated/α-hetero) is 1. The van der Waals surface area contributed by atoms with Crippen molar-refractivity contribution in [1.82, 2.24) is 5.32 Å². The Morgan fingerprint density at radius 3 is 2.71 bits per heavy atom. The lowest BCUT2D eigenvalue weighted by atomic mass is 9.76. The van der Waals surface area contributed by atoms with E-state index in [1.165, 1.54) is 0 Å². The van der Waals surface area contributed by atoms with Crippen molar-refractivity contribution in [3.05, 3.63) is 28.8 Å². The molecule has 1 aromatic carbocycles. The first-order valence-electron chi connectivity index (χ1n) is 8.95. The molecule has 0 bridgehead atoms. The third-order valence-corrected chi connectivity index (χ3v) is 5.07. The van der Waals surface area contributed by atoms with Gasteiger partial charge in [0.05, 0.1) is 11.6 Å². The lowest BCUT2D eigenvalue weighted by Crippen LogP contribution is -2.33. The van der Waals surface area contributed by atoms with E-state index in [9.17, 15) is 4.79 Å². The standard InChI is InChI=1S/C20H30ClNO2/c1-5-8-20(9-11-22-14-20)18(23)15-6-7-16(21)17(13-15)24-12-10-19(2,3)4/h6-7,13,22H,5,8-12,14H2,1-4H3. The summed E-state index contributed by atoms with van der Waals surface area (Å²) in [5.41, 5.74) is 0.647. The van der Waals surface area contributed by atoms with Crippen molar-refractivity contribution in [1.29, 1.82) is 0 Å². The molecular formula is C20H30ClNO2. The average molecular weight is 352 g/mol. The van der Waals surface area contributed by atoms with Gasteiger partial charge >= 0.3 is 0 Å². The molecule has 3 nitrogen and oxygen atoms in total. The summed E-state index contributed by atoms with van der Waals surface area (Å²) in [6.45, 7) is 11.0. The van der Waals surface area contributed by atoms with Crippen LogP contribution in [0.25, 0.3) is 0 Å². The second kappa shape index (κ2) is 7.88. The summed E-state index contributed by atoms with van der Waals surface area (Å²) in [6.07, 6.45) is 3.77. The van der Waals surface area contributed by atoms with Gasteiger partial charge in [0.15, 0.2) is 5.78 Å². The predicted octanol–water partition coefficient (Wildman–Crippen LogP) is 5.12. The zero-order valence-electron chi connectivity index (χ0n) is 15.4. The Kier molecular flexibility index (Phi) is 6.33. The van der Waals surface area contributed by atoms with Crippen molar-refractivity contribution >= 4 is 17.4 Å². The number of ether oxygens (including phenoxy) is 1. The van der Waals surface area contributed by atoms with Crippen molar-refractivity contribution in [2.45, 2.75) is 53.4 Å². The molecule has 4 heteroatoms. The first kappa shape index (κ1) is 19.3. The molecule has 1 aliphatic rings. The van der Waals surface area contributed by atoms with Gasteiger partial charge in [-0.05, 0) is 49.4 Å². The minimum Gasteiger partial charge on any atom is -0.492 e. The van der Waals surface area contributed by atoms with E-state index in [1.807, 2.05) is 12.1 Å². The first-order valence-corrected chi connectivity index (χ1v) is 9.33. The molecule has 0 radical (unpaired) electrons. The van der Waals surface area contributed by atoms with Gasteiger partial charge in [-0.1, -0.05) is 45.7 Å². The van der Waals surface area contributed by atoms with Crippen molar-refractivity contribution in [3.8, 4) is 5.75 Å². The van der Waals surface area contributed by atoms with Crippen LogP contribution in [0.4, 0.5) is 0 Å². The van der Waals surface area contributed by atoms with Crippen molar-refractivity contribution in [2.24, 2.45) is 10.8 Å². The molecule has 24 heavy (non-hydrogen) atoms. The van der Waals surface area contributed by atoms with Crippen LogP contribution in [0.2, 0.25) is 5.02 Å². The molecule has 1 aliphatic heterocycles. The highest BCUT2D eigenvalue weighted by atomic mass is 35.5. The number of carbonyl (C=O) groups is 1. The fraction of sp³-hybridized carbons (Fsp3) is 0.650. The van der Waals surface area contributed by atoms with Gasteiger partial charge in [0.1, 0.15) is 5.75 Å². The van der Waals surface area contributed by atoms with E-state index < -0.39 is 0 Å².